The van der Waals surface area contributed by atoms with Crippen molar-refractivity contribution >= 4 is 17.7 Å². The lowest BCUT2D eigenvalue weighted by molar-refractivity contribution is 0.0734. The molecule has 2 aromatic rings. The molecule has 0 aromatic heterocycles. The summed E-state index contributed by atoms with van der Waals surface area (Å²) in [5, 5.41) is 9.88. The fraction of sp³-hybridized carbons (Fsp3) is 0.188. The molecule has 1 aliphatic rings. The smallest absolute Gasteiger partial charge is 0.343 e. The fourth-order valence-corrected chi connectivity index (χ4v) is 3.20. The monoisotopic (exact) mass is 286 g/mol. The van der Waals surface area contributed by atoms with Gasteiger partial charge < -0.3 is 9.84 Å². The lowest BCUT2D eigenvalue weighted by Crippen LogP contribution is -2.12. The fourth-order valence-electron chi connectivity index (χ4n) is 2.21. The highest BCUT2D eigenvalue weighted by molar-refractivity contribution is 7.98. The van der Waals surface area contributed by atoms with Gasteiger partial charge >= 0.3 is 5.97 Å². The van der Waals surface area contributed by atoms with Gasteiger partial charge in [0.15, 0.2) is 0 Å². The summed E-state index contributed by atoms with van der Waals surface area (Å²) in [5.74, 6) is 1.71. The largest absolute Gasteiger partial charge is 0.423 e. The average molecular weight is 286 g/mol. The first-order chi connectivity index (χ1) is 9.74. The van der Waals surface area contributed by atoms with Gasteiger partial charge in [0.25, 0.3) is 0 Å². The third-order valence-corrected chi connectivity index (χ3v) is 4.29. The Morgan fingerprint density at radius 2 is 2.00 bits per heavy atom. The summed E-state index contributed by atoms with van der Waals surface area (Å²) in [6, 6.07) is 14.3. The summed E-state index contributed by atoms with van der Waals surface area (Å²) >= 11 is 1.68. The number of aliphatic hydroxyl groups is 1. The number of carbonyl (C=O) groups excluding carboxylic acids is 1. The molecule has 1 aliphatic heterocycles. The molecule has 0 fully saturated rings. The molecule has 20 heavy (non-hydrogen) atoms. The van der Waals surface area contributed by atoms with Gasteiger partial charge in [0.2, 0.25) is 0 Å². The lowest BCUT2D eigenvalue weighted by Gasteiger charge is -2.21. The Hall–Kier alpha value is -1.78. The van der Waals surface area contributed by atoms with Crippen LogP contribution in [0.1, 0.15) is 27.6 Å². The van der Waals surface area contributed by atoms with Crippen LogP contribution in [-0.4, -0.2) is 16.8 Å². The quantitative estimate of drug-likeness (QED) is 0.680. The van der Waals surface area contributed by atoms with Gasteiger partial charge in [0, 0.05) is 11.5 Å². The Morgan fingerprint density at radius 3 is 2.80 bits per heavy atom. The van der Waals surface area contributed by atoms with E-state index in [9.17, 15) is 9.90 Å². The van der Waals surface area contributed by atoms with Crippen molar-refractivity contribution in [2.24, 2.45) is 0 Å². The second-order valence-corrected chi connectivity index (χ2v) is 5.68. The Bertz CT molecular complexity index is 625. The normalized spacial score (nSPS) is 17.4. The van der Waals surface area contributed by atoms with Crippen LogP contribution in [0.3, 0.4) is 0 Å². The van der Waals surface area contributed by atoms with Crippen LogP contribution < -0.4 is 4.74 Å². The predicted octanol–water partition coefficient (Wildman–Crippen LogP) is 3.19. The summed E-state index contributed by atoms with van der Waals surface area (Å²) in [7, 11) is 0. The van der Waals surface area contributed by atoms with Crippen molar-refractivity contribution in [1.29, 1.82) is 0 Å². The van der Waals surface area contributed by atoms with Crippen molar-refractivity contribution in [3.8, 4) is 5.75 Å². The van der Waals surface area contributed by atoms with Gasteiger partial charge in [-0.3, -0.25) is 0 Å². The van der Waals surface area contributed by atoms with Crippen LogP contribution in [0.5, 0.6) is 5.75 Å². The Labute approximate surface area is 121 Å². The molecule has 0 spiro atoms. The third-order valence-electron chi connectivity index (χ3n) is 3.23. The van der Waals surface area contributed by atoms with Crippen molar-refractivity contribution in [3.05, 3.63) is 65.2 Å². The van der Waals surface area contributed by atoms with Crippen molar-refractivity contribution < 1.29 is 14.6 Å². The Balaban J connectivity index is 1.80. The van der Waals surface area contributed by atoms with Gasteiger partial charge in [-0.25, -0.2) is 4.79 Å². The molecule has 1 heterocycles. The van der Waals surface area contributed by atoms with Gasteiger partial charge in [-0.1, -0.05) is 24.3 Å². The van der Waals surface area contributed by atoms with E-state index in [-0.39, 0.29) is 5.97 Å². The first-order valence-electron chi connectivity index (χ1n) is 6.40. The van der Waals surface area contributed by atoms with Crippen LogP contribution in [0.15, 0.2) is 48.5 Å². The van der Waals surface area contributed by atoms with E-state index < -0.39 is 6.10 Å². The van der Waals surface area contributed by atoms with Gasteiger partial charge in [0.05, 0.1) is 11.7 Å². The number of esters is 1. The second-order valence-electron chi connectivity index (χ2n) is 4.65. The maximum Gasteiger partial charge on any atom is 0.343 e. The molecular weight excluding hydrogens is 272 g/mol. The lowest BCUT2D eigenvalue weighted by atomic mass is 10.0. The highest BCUT2D eigenvalue weighted by Gasteiger charge is 2.19. The van der Waals surface area contributed by atoms with Gasteiger partial charge in [-0.05, 0) is 35.4 Å². The molecule has 1 atom stereocenters. The van der Waals surface area contributed by atoms with Crippen LogP contribution in [-0.2, 0) is 5.75 Å². The van der Waals surface area contributed by atoms with Gasteiger partial charge in [0.1, 0.15) is 5.75 Å². The van der Waals surface area contributed by atoms with E-state index in [4.69, 9.17) is 4.74 Å². The van der Waals surface area contributed by atoms with E-state index in [1.54, 1.807) is 42.1 Å². The van der Waals surface area contributed by atoms with Crippen molar-refractivity contribution in [2.45, 2.75) is 11.9 Å². The molecule has 3 nitrogen and oxygen atoms in total. The number of benzene rings is 2. The highest BCUT2D eigenvalue weighted by atomic mass is 32.2. The van der Waals surface area contributed by atoms with E-state index in [0.717, 1.165) is 22.6 Å². The molecule has 1 N–H and O–H groups in total. The van der Waals surface area contributed by atoms with Crippen LogP contribution >= 0.6 is 11.8 Å². The van der Waals surface area contributed by atoms with Crippen molar-refractivity contribution in [3.63, 3.8) is 0 Å². The average Bonchev–Trinajstić information content (AvgIpc) is 2.48. The number of rotatable bonds is 2. The molecule has 102 valence electrons. The minimum absolute atomic E-state index is 0.366. The minimum Gasteiger partial charge on any atom is -0.423 e. The van der Waals surface area contributed by atoms with E-state index in [1.807, 2.05) is 18.2 Å². The molecule has 4 heteroatoms. The second kappa shape index (κ2) is 5.69. The first-order valence-corrected chi connectivity index (χ1v) is 7.55. The Morgan fingerprint density at radius 1 is 1.20 bits per heavy atom. The summed E-state index contributed by atoms with van der Waals surface area (Å²) in [4.78, 5) is 12.0. The van der Waals surface area contributed by atoms with Crippen molar-refractivity contribution in [1.82, 2.24) is 0 Å². The number of carbonyl (C=O) groups is 1. The molecule has 1 unspecified atom stereocenters. The zero-order valence-corrected chi connectivity index (χ0v) is 11.6. The molecule has 0 radical (unpaired) electrons. The summed E-state index contributed by atoms with van der Waals surface area (Å²) < 4.78 is 5.37. The highest BCUT2D eigenvalue weighted by Crippen LogP contribution is 2.33. The number of ether oxygens (including phenoxy) is 1. The molecule has 3 rings (SSSR count). The zero-order chi connectivity index (χ0) is 13.9. The summed E-state index contributed by atoms with van der Waals surface area (Å²) in [6.07, 6.45) is -0.428. The van der Waals surface area contributed by atoms with Crippen LogP contribution in [0.2, 0.25) is 0 Å². The first kappa shape index (κ1) is 13.2. The van der Waals surface area contributed by atoms with Crippen LogP contribution in [0.4, 0.5) is 0 Å². The number of fused-ring (bicyclic) bond motifs is 1. The molecule has 0 saturated heterocycles. The maximum atomic E-state index is 12.0. The zero-order valence-electron chi connectivity index (χ0n) is 10.8. The SMILES string of the molecule is O=C(Oc1ccc2c(c1)CSCC2O)c1ccccc1. The molecule has 0 aliphatic carbocycles. The van der Waals surface area contributed by atoms with Gasteiger partial charge in [-0.2, -0.15) is 11.8 Å². The third kappa shape index (κ3) is 2.71. The summed E-state index contributed by atoms with van der Waals surface area (Å²) in [6.45, 7) is 0. The number of aliphatic hydroxyl groups excluding tert-OH is 1. The minimum atomic E-state index is -0.428. The Kier molecular flexibility index (Phi) is 3.76. The standard InChI is InChI=1S/C16H14O3S/c17-15-10-20-9-12-8-13(6-7-14(12)15)19-16(18)11-4-2-1-3-5-11/h1-8,15,17H,9-10H2. The van der Waals surface area contributed by atoms with E-state index in [0.29, 0.717) is 11.3 Å². The molecule has 2 aromatic carbocycles. The van der Waals surface area contributed by atoms with E-state index >= 15 is 0 Å². The molecule has 0 amide bonds. The van der Waals surface area contributed by atoms with Crippen LogP contribution in [0, 0.1) is 0 Å². The van der Waals surface area contributed by atoms with Crippen LogP contribution in [0.25, 0.3) is 0 Å². The molecule has 0 saturated carbocycles. The number of hydrogen-bond donors (Lipinski definition) is 1. The molecule has 0 bridgehead atoms. The van der Waals surface area contributed by atoms with E-state index in [1.165, 1.54) is 0 Å². The number of hydrogen-bond acceptors (Lipinski definition) is 4. The summed E-state index contributed by atoms with van der Waals surface area (Å²) in [5.41, 5.74) is 2.50. The predicted molar refractivity (Wildman–Crippen MR) is 79.0 cm³/mol. The van der Waals surface area contributed by atoms with Gasteiger partial charge in [-0.15, -0.1) is 0 Å². The maximum absolute atomic E-state index is 12.0. The van der Waals surface area contributed by atoms with Crippen molar-refractivity contribution in [2.75, 3.05) is 5.75 Å². The van der Waals surface area contributed by atoms with E-state index in [2.05, 4.69) is 0 Å². The topological polar surface area (TPSA) is 46.5 Å². The number of thioether (sulfide) groups is 1. The molecular formula is C16H14O3S.